The van der Waals surface area contributed by atoms with Gasteiger partial charge in [0.2, 0.25) is 0 Å². The Morgan fingerprint density at radius 1 is 0.292 bits per heavy atom. The topological polar surface area (TPSA) is 78.9 Å². The van der Waals surface area contributed by atoms with Crippen molar-refractivity contribution in [1.29, 1.82) is 0 Å². The Morgan fingerprint density at radius 2 is 0.583 bits per heavy atom. The Hall–Kier alpha value is -4.97. The van der Waals surface area contributed by atoms with Crippen LogP contribution in [0.5, 0.6) is 0 Å². The molecule has 0 aliphatic carbocycles. The molecule has 0 aromatic carbocycles. The largest absolute Gasteiger partial charge is 0.462 e. The highest BCUT2D eigenvalue weighted by molar-refractivity contribution is 5.71. The predicted octanol–water partition coefficient (Wildman–Crippen LogP) is 19.4. The van der Waals surface area contributed by atoms with Gasteiger partial charge in [-0.15, -0.1) is 0 Å². The highest BCUT2D eigenvalue weighted by Crippen LogP contribution is 2.12. The summed E-state index contributed by atoms with van der Waals surface area (Å²) in [7, 11) is 0. The van der Waals surface area contributed by atoms with Crippen molar-refractivity contribution in [3.63, 3.8) is 0 Å². The molecule has 6 nitrogen and oxygen atoms in total. The van der Waals surface area contributed by atoms with Crippen molar-refractivity contribution < 1.29 is 28.6 Å². The van der Waals surface area contributed by atoms with E-state index in [1.54, 1.807) is 0 Å². The van der Waals surface area contributed by atoms with Gasteiger partial charge in [0.15, 0.2) is 6.10 Å². The van der Waals surface area contributed by atoms with E-state index in [-0.39, 0.29) is 50.4 Å². The number of ether oxygens (including phenoxy) is 3. The van der Waals surface area contributed by atoms with E-state index in [2.05, 4.69) is 167 Å². The monoisotopic (exact) mass is 991 g/mol. The van der Waals surface area contributed by atoms with Gasteiger partial charge in [0.1, 0.15) is 13.2 Å². The molecule has 0 aromatic rings. The highest BCUT2D eigenvalue weighted by atomic mass is 16.6. The van der Waals surface area contributed by atoms with Crippen molar-refractivity contribution in [2.24, 2.45) is 0 Å². The number of allylic oxidation sites excluding steroid dienone is 26. The zero-order valence-corrected chi connectivity index (χ0v) is 45.9. The lowest BCUT2D eigenvalue weighted by Gasteiger charge is -2.18. The van der Waals surface area contributed by atoms with Crippen LogP contribution in [-0.4, -0.2) is 37.2 Å². The van der Waals surface area contributed by atoms with E-state index in [4.69, 9.17) is 14.2 Å². The van der Waals surface area contributed by atoms with E-state index in [1.165, 1.54) is 51.4 Å². The third-order valence-electron chi connectivity index (χ3n) is 11.3. The van der Waals surface area contributed by atoms with Gasteiger partial charge in [0.25, 0.3) is 0 Å². The highest BCUT2D eigenvalue weighted by Gasteiger charge is 2.19. The van der Waals surface area contributed by atoms with Crippen LogP contribution < -0.4 is 0 Å². The maximum Gasteiger partial charge on any atom is 0.306 e. The molecule has 0 heterocycles. The van der Waals surface area contributed by atoms with E-state index in [0.717, 1.165) is 116 Å². The Labute approximate surface area is 441 Å². The Bertz CT molecular complexity index is 1660. The Balaban J connectivity index is 4.63. The van der Waals surface area contributed by atoms with Crippen LogP contribution in [0, 0.1) is 0 Å². The number of hydrogen-bond acceptors (Lipinski definition) is 6. The molecule has 0 aliphatic heterocycles. The summed E-state index contributed by atoms with van der Waals surface area (Å²) in [6.07, 6.45) is 85.3. The molecule has 0 spiro atoms. The lowest BCUT2D eigenvalue weighted by Crippen LogP contribution is -2.30. The van der Waals surface area contributed by atoms with Crippen LogP contribution in [0.3, 0.4) is 0 Å². The summed E-state index contributed by atoms with van der Waals surface area (Å²) in [5.41, 5.74) is 0. The van der Waals surface area contributed by atoms with Gasteiger partial charge < -0.3 is 14.2 Å². The molecule has 0 fully saturated rings. The van der Waals surface area contributed by atoms with E-state index >= 15 is 0 Å². The standard InChI is InChI=1S/C66H102O6/c1-4-7-10-13-16-19-22-25-28-31-33-36-38-41-44-47-50-53-56-59-65(68)71-62-63(61-70-64(67)58-55-52-49-46-43-40-37-34-30-27-24-21-18-15-12-9-6-3)72-66(69)60-57-54-51-48-45-42-39-35-32-29-26-23-20-17-14-11-8-5-2/h7,9-10,12,16,18-21,23,25,27-30,32-33,36-37,40-41,44,46,49-50,53,63H,4-6,8,11,13-15,17,22,24,26,31,34-35,38-39,42-43,45,47-48,51-52,54-62H2,1-3H3/b10-7-,12-9-,19-16-,21-18-,23-20-,28-25-,30-27-,32-29-,36-33-,40-37-,44-41-,49-46-,53-50-. The van der Waals surface area contributed by atoms with E-state index < -0.39 is 6.10 Å². The van der Waals surface area contributed by atoms with Gasteiger partial charge in [0, 0.05) is 19.3 Å². The van der Waals surface area contributed by atoms with Gasteiger partial charge in [-0.2, -0.15) is 0 Å². The van der Waals surface area contributed by atoms with Crippen molar-refractivity contribution in [1.82, 2.24) is 0 Å². The average Bonchev–Trinajstić information content (AvgIpc) is 3.38. The molecule has 402 valence electrons. The van der Waals surface area contributed by atoms with Crippen LogP contribution in [-0.2, 0) is 28.6 Å². The van der Waals surface area contributed by atoms with E-state index in [1.807, 2.05) is 12.2 Å². The van der Waals surface area contributed by atoms with Crippen LogP contribution in [0.2, 0.25) is 0 Å². The van der Waals surface area contributed by atoms with Crippen molar-refractivity contribution in [2.45, 2.75) is 226 Å². The van der Waals surface area contributed by atoms with Gasteiger partial charge in [-0.1, -0.05) is 230 Å². The summed E-state index contributed by atoms with van der Waals surface area (Å²) in [6.45, 7) is 6.26. The van der Waals surface area contributed by atoms with Gasteiger partial charge >= 0.3 is 17.9 Å². The summed E-state index contributed by atoms with van der Waals surface area (Å²) in [4.78, 5) is 38.1. The number of unbranched alkanes of at least 4 members (excludes halogenated alkanes) is 12. The second-order valence-corrected chi connectivity index (χ2v) is 18.1. The maximum absolute atomic E-state index is 12.9. The van der Waals surface area contributed by atoms with Crippen molar-refractivity contribution in [2.75, 3.05) is 13.2 Å². The van der Waals surface area contributed by atoms with E-state index in [9.17, 15) is 14.4 Å². The molecule has 1 atom stereocenters. The molecular formula is C66H102O6. The molecule has 0 saturated heterocycles. The first-order chi connectivity index (χ1) is 35.5. The molecule has 0 saturated carbocycles. The minimum atomic E-state index is -0.845. The Morgan fingerprint density at radius 3 is 0.972 bits per heavy atom. The number of rotatable bonds is 49. The van der Waals surface area contributed by atoms with Crippen LogP contribution in [0.4, 0.5) is 0 Å². The summed E-state index contributed by atoms with van der Waals surface area (Å²) < 4.78 is 16.7. The van der Waals surface area contributed by atoms with Crippen LogP contribution in [0.25, 0.3) is 0 Å². The number of carbonyl (C=O) groups excluding carboxylic acids is 3. The third kappa shape index (κ3) is 56.0. The van der Waals surface area contributed by atoms with Crippen molar-refractivity contribution >= 4 is 17.9 Å². The number of hydrogen-bond donors (Lipinski definition) is 0. The van der Waals surface area contributed by atoms with Crippen LogP contribution in [0.1, 0.15) is 220 Å². The SMILES string of the molecule is CC/C=C\C/C=C\C/C=C\C/C=C\C/C=C\C/C=C\CCC(=O)OCC(COC(=O)CCC/C=C\C/C=C\C/C=C\C/C=C\C/C=C\CC)OC(=O)CCCCCCCCC/C=C\C/C=C\CCCCCC. The van der Waals surface area contributed by atoms with Crippen molar-refractivity contribution in [3.8, 4) is 0 Å². The predicted molar refractivity (Wildman–Crippen MR) is 311 cm³/mol. The normalized spacial score (nSPS) is 13.3. The quantitative estimate of drug-likeness (QED) is 0.0262. The van der Waals surface area contributed by atoms with Gasteiger partial charge in [0.05, 0.1) is 0 Å². The molecule has 0 radical (unpaired) electrons. The van der Waals surface area contributed by atoms with Gasteiger partial charge in [-0.3, -0.25) is 14.4 Å². The van der Waals surface area contributed by atoms with Crippen molar-refractivity contribution in [3.05, 3.63) is 158 Å². The fraction of sp³-hybridized carbons (Fsp3) is 0.561. The lowest BCUT2D eigenvalue weighted by atomic mass is 10.1. The molecule has 6 heteroatoms. The molecule has 0 rings (SSSR count). The minimum absolute atomic E-state index is 0.141. The molecule has 0 aromatic heterocycles. The second kappa shape index (κ2) is 58.6. The summed E-state index contributed by atoms with van der Waals surface area (Å²) in [5.74, 6) is -1.10. The first-order valence-electron chi connectivity index (χ1n) is 28.5. The fourth-order valence-electron chi connectivity index (χ4n) is 7.06. The molecule has 0 bridgehead atoms. The van der Waals surface area contributed by atoms with Gasteiger partial charge in [-0.25, -0.2) is 0 Å². The molecule has 0 amide bonds. The molecule has 72 heavy (non-hydrogen) atoms. The minimum Gasteiger partial charge on any atom is -0.462 e. The maximum atomic E-state index is 12.9. The second-order valence-electron chi connectivity index (χ2n) is 18.1. The van der Waals surface area contributed by atoms with E-state index in [0.29, 0.717) is 12.8 Å². The number of carbonyl (C=O) groups is 3. The third-order valence-corrected chi connectivity index (χ3v) is 11.3. The smallest absolute Gasteiger partial charge is 0.306 e. The van der Waals surface area contributed by atoms with Crippen LogP contribution in [0.15, 0.2) is 158 Å². The zero-order chi connectivity index (χ0) is 52.2. The number of esters is 3. The summed E-state index contributed by atoms with van der Waals surface area (Å²) >= 11 is 0. The first-order valence-corrected chi connectivity index (χ1v) is 28.5. The zero-order valence-electron chi connectivity index (χ0n) is 45.9. The Kier molecular flexibility index (Phi) is 54.6. The van der Waals surface area contributed by atoms with Gasteiger partial charge in [-0.05, 0) is 128 Å². The molecule has 0 N–H and O–H groups in total. The molecular weight excluding hydrogens is 889 g/mol. The summed E-state index contributed by atoms with van der Waals surface area (Å²) in [5, 5.41) is 0. The molecule has 0 aliphatic rings. The summed E-state index contributed by atoms with van der Waals surface area (Å²) in [6, 6.07) is 0. The lowest BCUT2D eigenvalue weighted by molar-refractivity contribution is -0.166. The fourth-order valence-corrected chi connectivity index (χ4v) is 7.06. The first kappa shape index (κ1) is 67.0. The average molecular weight is 992 g/mol. The molecule has 1 unspecified atom stereocenters. The van der Waals surface area contributed by atoms with Crippen LogP contribution >= 0.6 is 0 Å².